The number of allylic oxidation sites excluding steroid dienone is 2. The van der Waals surface area contributed by atoms with Gasteiger partial charge in [0.1, 0.15) is 5.54 Å². The first-order valence-corrected chi connectivity index (χ1v) is 8.35. The summed E-state index contributed by atoms with van der Waals surface area (Å²) in [5, 5.41) is 5.33. The van der Waals surface area contributed by atoms with Crippen LogP contribution in [0.4, 0.5) is 0 Å². The largest absolute Gasteiger partial charge is 0.385 e. The SMILES string of the molecule is COCCC12C=CC=CC1=C1NCN(CCOCCN)C1=CN2N.[Sn]. The summed E-state index contributed by atoms with van der Waals surface area (Å²) in [6, 6.07) is 0. The fourth-order valence-corrected chi connectivity index (χ4v) is 3.42. The van der Waals surface area contributed by atoms with Crippen LogP contribution in [0.5, 0.6) is 0 Å². The van der Waals surface area contributed by atoms with Crippen molar-refractivity contribution in [2.45, 2.75) is 12.0 Å². The Labute approximate surface area is 166 Å². The third kappa shape index (κ3) is 3.90. The molecular formula is C17H27N5O2Sn. The number of hydrogen-bond acceptors (Lipinski definition) is 7. The van der Waals surface area contributed by atoms with Crippen LogP contribution in [-0.2, 0) is 9.47 Å². The number of fused-ring (bicyclic) bond motifs is 2. The molecule has 1 aliphatic carbocycles. The van der Waals surface area contributed by atoms with Gasteiger partial charge in [0.2, 0.25) is 0 Å². The molecule has 0 spiro atoms. The maximum absolute atomic E-state index is 6.44. The Morgan fingerprint density at radius 1 is 1.28 bits per heavy atom. The van der Waals surface area contributed by atoms with Gasteiger partial charge in [-0.05, 0) is 0 Å². The van der Waals surface area contributed by atoms with Crippen molar-refractivity contribution in [1.29, 1.82) is 0 Å². The molecule has 3 aliphatic rings. The van der Waals surface area contributed by atoms with Crippen molar-refractivity contribution in [2.75, 3.05) is 46.7 Å². The first-order chi connectivity index (χ1) is 11.7. The molecule has 0 amide bonds. The summed E-state index contributed by atoms with van der Waals surface area (Å²) >= 11 is 0. The third-order valence-electron chi connectivity index (χ3n) is 4.70. The molecule has 7 nitrogen and oxygen atoms in total. The Morgan fingerprint density at radius 2 is 2.12 bits per heavy atom. The number of hydrazine groups is 1. The molecule has 1 fully saturated rings. The molecule has 2 heterocycles. The maximum atomic E-state index is 6.44. The minimum absolute atomic E-state index is 0. The summed E-state index contributed by atoms with van der Waals surface area (Å²) in [5.74, 6) is 6.44. The molecule has 8 heteroatoms. The summed E-state index contributed by atoms with van der Waals surface area (Å²) in [7, 11) is 1.72. The van der Waals surface area contributed by atoms with Gasteiger partial charge in [-0.15, -0.1) is 0 Å². The van der Waals surface area contributed by atoms with Crippen molar-refractivity contribution >= 4 is 23.9 Å². The summed E-state index contributed by atoms with van der Waals surface area (Å²) in [6.07, 6.45) is 11.2. The van der Waals surface area contributed by atoms with E-state index in [1.807, 2.05) is 12.3 Å². The van der Waals surface area contributed by atoms with E-state index in [1.165, 1.54) is 5.57 Å². The second-order valence-electron chi connectivity index (χ2n) is 6.09. The van der Waals surface area contributed by atoms with Crippen molar-refractivity contribution < 1.29 is 9.47 Å². The van der Waals surface area contributed by atoms with E-state index in [4.69, 9.17) is 21.1 Å². The standard InChI is InChI=1S/C17H27N5O2.Sn/c1-23-9-6-17-5-3-2-4-14(17)16-15(12-22(17)19)21(13-20-16)8-11-24-10-7-18;/h2-5,12,20H,6-11,13,18-19H2,1H3;. The smallest absolute Gasteiger partial charge is 0.103 e. The molecule has 0 saturated carbocycles. The second kappa shape index (κ2) is 9.09. The van der Waals surface area contributed by atoms with E-state index in [2.05, 4.69) is 28.4 Å². The fourth-order valence-electron chi connectivity index (χ4n) is 3.42. The van der Waals surface area contributed by atoms with Crippen LogP contribution < -0.4 is 16.9 Å². The third-order valence-corrected chi connectivity index (χ3v) is 4.70. The Kier molecular flexibility index (Phi) is 7.38. The Balaban J connectivity index is 0.00000225. The van der Waals surface area contributed by atoms with Gasteiger partial charge in [-0.1, -0.05) is 24.3 Å². The van der Waals surface area contributed by atoms with Gasteiger partial charge in [0.15, 0.2) is 0 Å². The van der Waals surface area contributed by atoms with E-state index < -0.39 is 0 Å². The molecule has 3 rings (SSSR count). The van der Waals surface area contributed by atoms with E-state index >= 15 is 0 Å². The monoisotopic (exact) mass is 453 g/mol. The number of methoxy groups -OCH3 is 1. The molecule has 0 aromatic rings. The van der Waals surface area contributed by atoms with Crippen LogP contribution in [-0.4, -0.2) is 86.0 Å². The molecule has 0 aromatic carbocycles. The molecule has 136 valence electrons. The van der Waals surface area contributed by atoms with Crippen LogP contribution in [0.15, 0.2) is 47.5 Å². The van der Waals surface area contributed by atoms with Crippen molar-refractivity contribution in [3.63, 3.8) is 0 Å². The maximum Gasteiger partial charge on any atom is 0.103 e. The number of nitrogens with two attached hydrogens (primary N) is 2. The minimum Gasteiger partial charge on any atom is -0.385 e. The average Bonchev–Trinajstić information content (AvgIpc) is 3.00. The molecule has 2 aliphatic heterocycles. The topological polar surface area (TPSA) is 89.0 Å². The van der Waals surface area contributed by atoms with Gasteiger partial charge in [0.25, 0.3) is 0 Å². The zero-order valence-corrected chi connectivity index (χ0v) is 17.6. The van der Waals surface area contributed by atoms with Crippen LogP contribution in [0.25, 0.3) is 0 Å². The number of nitrogens with one attached hydrogen (secondary N) is 1. The van der Waals surface area contributed by atoms with E-state index in [0.717, 1.165) is 31.0 Å². The zero-order chi connectivity index (χ0) is 17.0. The molecule has 0 bridgehead atoms. The van der Waals surface area contributed by atoms with E-state index in [0.29, 0.717) is 26.4 Å². The van der Waals surface area contributed by atoms with E-state index in [9.17, 15) is 0 Å². The predicted octanol–water partition coefficient (Wildman–Crippen LogP) is -0.370. The average molecular weight is 452 g/mol. The van der Waals surface area contributed by atoms with Gasteiger partial charge in [0.05, 0.1) is 31.3 Å². The summed E-state index contributed by atoms with van der Waals surface area (Å²) in [5.41, 5.74) is 8.54. The number of hydrogen-bond donors (Lipinski definition) is 3. The molecule has 25 heavy (non-hydrogen) atoms. The van der Waals surface area contributed by atoms with Gasteiger partial charge in [-0.2, -0.15) is 0 Å². The van der Waals surface area contributed by atoms with Gasteiger partial charge in [0, 0.05) is 68.9 Å². The molecule has 1 atom stereocenters. The van der Waals surface area contributed by atoms with Crippen molar-refractivity contribution in [3.05, 3.63) is 47.5 Å². The first-order valence-electron chi connectivity index (χ1n) is 8.35. The van der Waals surface area contributed by atoms with E-state index in [1.54, 1.807) is 12.1 Å². The zero-order valence-electron chi connectivity index (χ0n) is 14.7. The molecular weight excluding hydrogens is 425 g/mol. The predicted molar refractivity (Wildman–Crippen MR) is 99.0 cm³/mol. The minimum atomic E-state index is -0.358. The Morgan fingerprint density at radius 3 is 2.88 bits per heavy atom. The van der Waals surface area contributed by atoms with Gasteiger partial charge in [-0.3, -0.25) is 0 Å². The van der Waals surface area contributed by atoms with Crippen molar-refractivity contribution in [1.82, 2.24) is 15.2 Å². The second-order valence-corrected chi connectivity index (χ2v) is 6.09. The first kappa shape index (κ1) is 20.3. The van der Waals surface area contributed by atoms with Gasteiger partial charge < -0.3 is 30.4 Å². The van der Waals surface area contributed by atoms with Crippen LogP contribution in [0, 0.1) is 0 Å². The van der Waals surface area contributed by atoms with Crippen LogP contribution in [0.2, 0.25) is 0 Å². The quantitative estimate of drug-likeness (QED) is 0.263. The Hall–Kier alpha value is -1.00. The van der Waals surface area contributed by atoms with Crippen molar-refractivity contribution in [2.24, 2.45) is 11.6 Å². The number of nitrogens with zero attached hydrogens (tertiary/aromatic N) is 2. The van der Waals surface area contributed by atoms with E-state index in [-0.39, 0.29) is 29.4 Å². The van der Waals surface area contributed by atoms with Crippen LogP contribution >= 0.6 is 0 Å². The Bertz CT molecular complexity index is 590. The van der Waals surface area contributed by atoms with Crippen LogP contribution in [0.1, 0.15) is 6.42 Å². The molecule has 0 aromatic heterocycles. The summed E-state index contributed by atoms with van der Waals surface area (Å²) in [4.78, 5) is 2.24. The van der Waals surface area contributed by atoms with Crippen molar-refractivity contribution in [3.8, 4) is 0 Å². The van der Waals surface area contributed by atoms with Crippen LogP contribution in [0.3, 0.4) is 0 Å². The molecule has 1 saturated heterocycles. The van der Waals surface area contributed by atoms with Gasteiger partial charge in [-0.25, -0.2) is 5.84 Å². The number of ether oxygens (including phenoxy) is 2. The van der Waals surface area contributed by atoms with Gasteiger partial charge >= 0.3 is 0 Å². The fraction of sp³-hybridized carbons (Fsp3) is 0.529. The number of rotatable bonds is 8. The summed E-state index contributed by atoms with van der Waals surface area (Å²) < 4.78 is 10.8. The molecule has 5 N–H and O–H groups in total. The molecule has 4 radical (unpaired) electrons. The normalized spacial score (nSPS) is 23.9. The summed E-state index contributed by atoms with van der Waals surface area (Å²) in [6.45, 7) is 3.98. The molecule has 1 unspecified atom stereocenters.